The molecule has 1 N–H and O–H groups in total. The monoisotopic (exact) mass is 452 g/mol. The number of benzene rings is 2. The number of hydrogen-bond donors (Lipinski definition) is 1. The van der Waals surface area contributed by atoms with E-state index in [2.05, 4.69) is 76.6 Å². The molecule has 6 heteroatoms. The van der Waals surface area contributed by atoms with Gasteiger partial charge in [-0.05, 0) is 30.0 Å². The van der Waals surface area contributed by atoms with Crippen LogP contribution in [-0.2, 0) is 11.2 Å². The van der Waals surface area contributed by atoms with Crippen molar-refractivity contribution in [1.82, 2.24) is 15.2 Å². The predicted octanol–water partition coefficient (Wildman–Crippen LogP) is 4.53. The van der Waals surface area contributed by atoms with Gasteiger partial charge in [-0.1, -0.05) is 62.4 Å². The molecular formula is C26H33ClN4O. The van der Waals surface area contributed by atoms with Crippen LogP contribution in [-0.4, -0.2) is 55.1 Å². The van der Waals surface area contributed by atoms with E-state index in [9.17, 15) is 4.79 Å². The van der Waals surface area contributed by atoms with Crippen molar-refractivity contribution in [3.63, 3.8) is 0 Å². The fraction of sp³-hybridized carbons (Fsp3) is 0.385. The SMILES string of the molecule is CCC(=O)NCCc1ccc(-c2cc3ccccc3c(N3CCN(CC)CC3)n2)cc1.Cl. The number of amides is 1. The Morgan fingerprint density at radius 1 is 1.00 bits per heavy atom. The van der Waals surface area contributed by atoms with Crippen LogP contribution < -0.4 is 10.2 Å². The van der Waals surface area contributed by atoms with Gasteiger partial charge < -0.3 is 15.1 Å². The highest BCUT2D eigenvalue weighted by Crippen LogP contribution is 2.30. The summed E-state index contributed by atoms with van der Waals surface area (Å²) < 4.78 is 0. The molecule has 2 aromatic carbocycles. The van der Waals surface area contributed by atoms with Crippen molar-refractivity contribution in [2.45, 2.75) is 26.7 Å². The van der Waals surface area contributed by atoms with Gasteiger partial charge in [-0.3, -0.25) is 4.79 Å². The number of pyridine rings is 1. The molecule has 1 aliphatic heterocycles. The van der Waals surface area contributed by atoms with Crippen LogP contribution in [0.25, 0.3) is 22.0 Å². The van der Waals surface area contributed by atoms with Crippen LogP contribution in [0, 0.1) is 0 Å². The molecule has 1 amide bonds. The molecule has 1 saturated heterocycles. The molecule has 0 saturated carbocycles. The van der Waals surface area contributed by atoms with E-state index < -0.39 is 0 Å². The first-order chi connectivity index (χ1) is 15.2. The van der Waals surface area contributed by atoms with E-state index in [0.717, 1.165) is 56.2 Å². The highest BCUT2D eigenvalue weighted by atomic mass is 35.5. The molecule has 5 nitrogen and oxygen atoms in total. The van der Waals surface area contributed by atoms with Crippen molar-refractivity contribution in [1.29, 1.82) is 0 Å². The summed E-state index contributed by atoms with van der Waals surface area (Å²) in [6.45, 7) is 10.1. The molecule has 0 spiro atoms. The van der Waals surface area contributed by atoms with Crippen molar-refractivity contribution in [3.8, 4) is 11.3 Å². The standard InChI is InChI=1S/C26H32N4O.ClH/c1-3-25(31)27-14-13-20-9-11-21(12-10-20)24-19-22-7-5-6-8-23(22)26(28-24)30-17-15-29(4-2)16-18-30;/h5-12,19H,3-4,13-18H2,1-2H3,(H,27,31);1H. The second kappa shape index (κ2) is 11.3. The van der Waals surface area contributed by atoms with Gasteiger partial charge >= 0.3 is 0 Å². The third kappa shape index (κ3) is 5.59. The molecule has 4 rings (SSSR count). The van der Waals surface area contributed by atoms with Gasteiger partial charge in [0, 0.05) is 50.1 Å². The predicted molar refractivity (Wildman–Crippen MR) is 136 cm³/mol. The van der Waals surface area contributed by atoms with Crippen LogP contribution in [0.3, 0.4) is 0 Å². The minimum absolute atomic E-state index is 0. The minimum Gasteiger partial charge on any atom is -0.356 e. The number of carbonyl (C=O) groups is 1. The number of aromatic nitrogens is 1. The lowest BCUT2D eigenvalue weighted by molar-refractivity contribution is -0.120. The first-order valence-electron chi connectivity index (χ1n) is 11.4. The van der Waals surface area contributed by atoms with E-state index in [1.165, 1.54) is 16.3 Å². The van der Waals surface area contributed by atoms with Crippen LogP contribution >= 0.6 is 12.4 Å². The summed E-state index contributed by atoms with van der Waals surface area (Å²) >= 11 is 0. The van der Waals surface area contributed by atoms with Crippen molar-refractivity contribution in [3.05, 3.63) is 60.2 Å². The topological polar surface area (TPSA) is 48.5 Å². The molecule has 170 valence electrons. The second-order valence-corrected chi connectivity index (χ2v) is 8.12. The number of halogens is 1. The Kier molecular flexibility index (Phi) is 8.48. The molecule has 1 aliphatic rings. The zero-order chi connectivity index (χ0) is 21.6. The van der Waals surface area contributed by atoms with Gasteiger partial charge in [0.25, 0.3) is 0 Å². The summed E-state index contributed by atoms with van der Waals surface area (Å²) in [4.78, 5) is 21.5. The molecular weight excluding hydrogens is 420 g/mol. The molecule has 0 bridgehead atoms. The number of nitrogens with zero attached hydrogens (tertiary/aromatic N) is 3. The summed E-state index contributed by atoms with van der Waals surface area (Å²) in [6, 6.07) is 19.3. The Hall–Kier alpha value is -2.63. The average molecular weight is 453 g/mol. The van der Waals surface area contributed by atoms with Gasteiger partial charge in [0.2, 0.25) is 5.91 Å². The molecule has 0 aliphatic carbocycles. The number of hydrogen-bond acceptors (Lipinski definition) is 4. The summed E-state index contributed by atoms with van der Waals surface area (Å²) in [5, 5.41) is 5.39. The number of anilines is 1. The van der Waals surface area contributed by atoms with E-state index in [1.54, 1.807) is 0 Å². The maximum atomic E-state index is 11.4. The van der Waals surface area contributed by atoms with Gasteiger partial charge in [0.05, 0.1) is 5.69 Å². The van der Waals surface area contributed by atoms with Crippen LogP contribution in [0.4, 0.5) is 5.82 Å². The van der Waals surface area contributed by atoms with Crippen molar-refractivity contribution in [2.24, 2.45) is 0 Å². The number of likely N-dealkylation sites (N-methyl/N-ethyl adjacent to an activating group) is 1. The van der Waals surface area contributed by atoms with Crippen molar-refractivity contribution in [2.75, 3.05) is 44.2 Å². The van der Waals surface area contributed by atoms with Crippen LogP contribution in [0.15, 0.2) is 54.6 Å². The molecule has 3 aromatic rings. The fourth-order valence-electron chi connectivity index (χ4n) is 4.16. The summed E-state index contributed by atoms with van der Waals surface area (Å²) in [6.07, 6.45) is 1.37. The number of piperazine rings is 1. The molecule has 2 heterocycles. The lowest BCUT2D eigenvalue weighted by Crippen LogP contribution is -2.46. The maximum Gasteiger partial charge on any atom is 0.219 e. The third-order valence-corrected chi connectivity index (χ3v) is 6.15. The quantitative estimate of drug-likeness (QED) is 0.572. The lowest BCUT2D eigenvalue weighted by Gasteiger charge is -2.35. The zero-order valence-corrected chi connectivity index (χ0v) is 19.8. The Bertz CT molecular complexity index is 1030. The highest BCUT2D eigenvalue weighted by molar-refractivity contribution is 5.95. The van der Waals surface area contributed by atoms with E-state index in [1.807, 2.05) is 6.92 Å². The molecule has 1 aromatic heterocycles. The Balaban J connectivity index is 0.00000289. The van der Waals surface area contributed by atoms with E-state index in [-0.39, 0.29) is 18.3 Å². The first-order valence-corrected chi connectivity index (χ1v) is 11.4. The maximum absolute atomic E-state index is 11.4. The third-order valence-electron chi connectivity index (χ3n) is 6.15. The van der Waals surface area contributed by atoms with E-state index in [4.69, 9.17) is 4.98 Å². The molecule has 0 atom stereocenters. The van der Waals surface area contributed by atoms with Gasteiger partial charge in [0.1, 0.15) is 5.82 Å². The van der Waals surface area contributed by atoms with Gasteiger partial charge in [-0.25, -0.2) is 4.98 Å². The number of fused-ring (bicyclic) bond motifs is 1. The minimum atomic E-state index is 0. The molecule has 0 unspecified atom stereocenters. The fourth-order valence-corrected chi connectivity index (χ4v) is 4.16. The Morgan fingerprint density at radius 3 is 2.41 bits per heavy atom. The van der Waals surface area contributed by atoms with Crippen molar-refractivity contribution >= 4 is 34.9 Å². The molecule has 32 heavy (non-hydrogen) atoms. The average Bonchev–Trinajstić information content (AvgIpc) is 2.83. The van der Waals surface area contributed by atoms with Crippen LogP contribution in [0.1, 0.15) is 25.8 Å². The molecule has 0 radical (unpaired) electrons. The highest BCUT2D eigenvalue weighted by Gasteiger charge is 2.19. The number of rotatable bonds is 7. The molecule has 1 fully saturated rings. The Morgan fingerprint density at radius 2 is 1.72 bits per heavy atom. The van der Waals surface area contributed by atoms with Gasteiger partial charge in [-0.2, -0.15) is 0 Å². The normalized spacial score (nSPS) is 14.2. The van der Waals surface area contributed by atoms with Crippen LogP contribution in [0.5, 0.6) is 0 Å². The number of carbonyl (C=O) groups excluding carboxylic acids is 1. The summed E-state index contributed by atoms with van der Waals surface area (Å²) in [5.41, 5.74) is 3.36. The smallest absolute Gasteiger partial charge is 0.219 e. The zero-order valence-electron chi connectivity index (χ0n) is 19.0. The van der Waals surface area contributed by atoms with Crippen molar-refractivity contribution < 1.29 is 4.79 Å². The van der Waals surface area contributed by atoms with Crippen LogP contribution in [0.2, 0.25) is 0 Å². The van der Waals surface area contributed by atoms with E-state index >= 15 is 0 Å². The summed E-state index contributed by atoms with van der Waals surface area (Å²) in [5.74, 6) is 1.19. The summed E-state index contributed by atoms with van der Waals surface area (Å²) in [7, 11) is 0. The van der Waals surface area contributed by atoms with E-state index in [0.29, 0.717) is 13.0 Å². The van der Waals surface area contributed by atoms with Gasteiger partial charge in [0.15, 0.2) is 0 Å². The number of nitrogens with one attached hydrogen (secondary N) is 1. The van der Waals surface area contributed by atoms with Gasteiger partial charge in [-0.15, -0.1) is 12.4 Å². The second-order valence-electron chi connectivity index (χ2n) is 8.12. The largest absolute Gasteiger partial charge is 0.356 e. The Labute approximate surface area is 197 Å². The first kappa shape index (κ1) is 24.0. The lowest BCUT2D eigenvalue weighted by atomic mass is 10.0.